The van der Waals surface area contributed by atoms with E-state index < -0.39 is 10.0 Å². The fraction of sp³-hybridized carbons (Fsp3) is 0.316. The number of pyridine rings is 1. The molecule has 5 nitrogen and oxygen atoms in total. The van der Waals surface area contributed by atoms with Crippen molar-refractivity contribution in [3.63, 3.8) is 0 Å². The minimum atomic E-state index is -3.43. The monoisotopic (exact) mass is 355 g/mol. The van der Waals surface area contributed by atoms with Crippen LogP contribution in [0.2, 0.25) is 0 Å². The molecule has 0 amide bonds. The van der Waals surface area contributed by atoms with E-state index in [0.717, 1.165) is 28.6 Å². The van der Waals surface area contributed by atoms with E-state index in [-0.39, 0.29) is 0 Å². The maximum atomic E-state index is 12.2. The molecule has 2 heterocycles. The minimum Gasteiger partial charge on any atom is -0.343 e. The van der Waals surface area contributed by atoms with E-state index in [2.05, 4.69) is 20.8 Å². The van der Waals surface area contributed by atoms with Crippen LogP contribution in [0.3, 0.4) is 0 Å². The predicted octanol–water partition coefficient (Wildman–Crippen LogP) is 3.80. The van der Waals surface area contributed by atoms with Gasteiger partial charge >= 0.3 is 0 Å². The molecule has 1 aliphatic rings. The number of aromatic amines is 1. The van der Waals surface area contributed by atoms with Crippen LogP contribution in [0.15, 0.2) is 47.5 Å². The summed E-state index contributed by atoms with van der Waals surface area (Å²) >= 11 is 0. The van der Waals surface area contributed by atoms with Gasteiger partial charge in [-0.15, -0.1) is 0 Å². The first kappa shape index (κ1) is 16.3. The summed E-state index contributed by atoms with van der Waals surface area (Å²) in [4.78, 5) is 8.13. The van der Waals surface area contributed by atoms with Crippen molar-refractivity contribution < 1.29 is 8.42 Å². The third-order valence-electron chi connectivity index (χ3n) is 4.59. The number of nitrogens with one attached hydrogen (secondary N) is 2. The number of H-pyrrole nitrogens is 1. The van der Waals surface area contributed by atoms with Crippen molar-refractivity contribution in [3.05, 3.63) is 48.3 Å². The molecule has 0 radical (unpaired) electrons. The van der Waals surface area contributed by atoms with Crippen LogP contribution in [0.25, 0.3) is 22.2 Å². The van der Waals surface area contributed by atoms with Crippen molar-refractivity contribution in [2.75, 3.05) is 6.54 Å². The van der Waals surface area contributed by atoms with Crippen LogP contribution in [0.5, 0.6) is 0 Å². The highest BCUT2D eigenvalue weighted by Crippen LogP contribution is 2.41. The first-order valence-electron chi connectivity index (χ1n) is 8.66. The maximum absolute atomic E-state index is 12.2. The van der Waals surface area contributed by atoms with E-state index >= 15 is 0 Å². The first-order chi connectivity index (χ1) is 12.1. The Kier molecular flexibility index (Phi) is 4.09. The molecule has 6 heteroatoms. The van der Waals surface area contributed by atoms with Crippen LogP contribution in [0, 0.1) is 0 Å². The molecular weight excluding hydrogens is 334 g/mol. The van der Waals surface area contributed by atoms with Crippen molar-refractivity contribution in [1.29, 1.82) is 0 Å². The first-order valence-corrected chi connectivity index (χ1v) is 10.1. The third kappa shape index (κ3) is 3.19. The summed E-state index contributed by atoms with van der Waals surface area (Å²) in [7, 11) is -3.43. The Hall–Kier alpha value is -2.18. The normalized spacial score (nSPS) is 14.9. The van der Waals surface area contributed by atoms with Crippen molar-refractivity contribution in [3.8, 4) is 11.1 Å². The lowest BCUT2D eigenvalue weighted by Gasteiger charge is -2.07. The largest absolute Gasteiger partial charge is 0.343 e. The SMILES string of the molecule is CCCNS(=O)(=O)c1ccc(-c2ccnc3[nH]c(C4CC4)cc23)cc1. The second kappa shape index (κ2) is 6.28. The average Bonchev–Trinajstić information content (AvgIpc) is 3.38. The lowest BCUT2D eigenvalue weighted by Crippen LogP contribution is -2.24. The lowest BCUT2D eigenvalue weighted by atomic mass is 10.0. The Morgan fingerprint density at radius 2 is 1.96 bits per heavy atom. The highest BCUT2D eigenvalue weighted by atomic mass is 32.2. The highest BCUT2D eigenvalue weighted by molar-refractivity contribution is 7.89. The summed E-state index contributed by atoms with van der Waals surface area (Å²) in [5.41, 5.74) is 4.19. The molecule has 0 atom stereocenters. The Morgan fingerprint density at radius 3 is 2.64 bits per heavy atom. The molecule has 1 aromatic carbocycles. The van der Waals surface area contributed by atoms with Gasteiger partial charge in [0.1, 0.15) is 5.65 Å². The fourth-order valence-electron chi connectivity index (χ4n) is 3.05. The van der Waals surface area contributed by atoms with Gasteiger partial charge in [-0.2, -0.15) is 0 Å². The molecule has 1 aliphatic carbocycles. The molecule has 0 spiro atoms. The summed E-state index contributed by atoms with van der Waals surface area (Å²) in [5.74, 6) is 0.638. The molecule has 4 rings (SSSR count). The maximum Gasteiger partial charge on any atom is 0.240 e. The zero-order chi connectivity index (χ0) is 17.4. The van der Waals surface area contributed by atoms with Crippen LogP contribution in [-0.4, -0.2) is 24.9 Å². The van der Waals surface area contributed by atoms with Gasteiger partial charge < -0.3 is 4.98 Å². The van der Waals surface area contributed by atoms with Crippen molar-refractivity contribution >= 4 is 21.1 Å². The summed E-state index contributed by atoms with van der Waals surface area (Å²) < 4.78 is 27.0. The van der Waals surface area contributed by atoms with Crippen molar-refractivity contribution in [2.24, 2.45) is 0 Å². The molecule has 130 valence electrons. The number of nitrogens with zero attached hydrogens (tertiary/aromatic N) is 1. The van der Waals surface area contributed by atoms with Crippen LogP contribution in [0.1, 0.15) is 37.8 Å². The molecule has 0 saturated heterocycles. The van der Waals surface area contributed by atoms with Crippen LogP contribution >= 0.6 is 0 Å². The van der Waals surface area contributed by atoms with Gasteiger partial charge in [0.15, 0.2) is 0 Å². The van der Waals surface area contributed by atoms with E-state index in [0.29, 0.717) is 17.4 Å². The lowest BCUT2D eigenvalue weighted by molar-refractivity contribution is 0.581. The predicted molar refractivity (Wildman–Crippen MR) is 99.0 cm³/mol. The molecular formula is C19H21N3O2S. The van der Waals surface area contributed by atoms with E-state index in [4.69, 9.17) is 0 Å². The molecule has 0 aliphatic heterocycles. The number of fused-ring (bicyclic) bond motifs is 1. The second-order valence-electron chi connectivity index (χ2n) is 6.54. The number of sulfonamides is 1. The molecule has 0 unspecified atom stereocenters. The second-order valence-corrected chi connectivity index (χ2v) is 8.31. The van der Waals surface area contributed by atoms with Gasteiger partial charge in [0.2, 0.25) is 10.0 Å². The number of benzene rings is 1. The van der Waals surface area contributed by atoms with Crippen LogP contribution in [0.4, 0.5) is 0 Å². The van der Waals surface area contributed by atoms with Gasteiger partial charge in [-0.1, -0.05) is 19.1 Å². The molecule has 3 aromatic rings. The zero-order valence-electron chi connectivity index (χ0n) is 14.1. The Morgan fingerprint density at radius 1 is 1.20 bits per heavy atom. The Bertz CT molecular complexity index is 1000. The quantitative estimate of drug-likeness (QED) is 0.706. The Labute approximate surface area is 147 Å². The van der Waals surface area contributed by atoms with Gasteiger partial charge in [0.05, 0.1) is 4.90 Å². The Balaban J connectivity index is 1.69. The van der Waals surface area contributed by atoms with Gasteiger partial charge in [-0.3, -0.25) is 0 Å². The number of hydrogen-bond donors (Lipinski definition) is 2. The topological polar surface area (TPSA) is 74.8 Å². The van der Waals surface area contributed by atoms with Crippen LogP contribution in [-0.2, 0) is 10.0 Å². The third-order valence-corrected chi connectivity index (χ3v) is 6.06. The molecule has 0 bridgehead atoms. The van der Waals surface area contributed by atoms with E-state index in [1.807, 2.05) is 25.1 Å². The average molecular weight is 355 g/mol. The van der Waals surface area contributed by atoms with Gasteiger partial charge in [0.25, 0.3) is 0 Å². The summed E-state index contributed by atoms with van der Waals surface area (Å²) in [6, 6.07) is 11.2. The standard InChI is InChI=1S/C19H21N3O2S/c1-2-10-21-25(23,24)15-7-5-13(6-8-15)16-9-11-20-19-17(16)12-18(22-19)14-3-4-14/h5-9,11-12,14,21H,2-4,10H2,1H3,(H,20,22). The number of rotatable bonds is 6. The molecule has 2 aromatic heterocycles. The smallest absolute Gasteiger partial charge is 0.240 e. The minimum absolute atomic E-state index is 0.294. The van der Waals surface area contributed by atoms with E-state index in [1.54, 1.807) is 18.3 Å². The van der Waals surface area contributed by atoms with Crippen molar-refractivity contribution in [1.82, 2.24) is 14.7 Å². The molecule has 1 fully saturated rings. The number of aromatic nitrogens is 2. The van der Waals surface area contributed by atoms with E-state index in [9.17, 15) is 8.42 Å². The zero-order valence-corrected chi connectivity index (χ0v) is 14.9. The van der Waals surface area contributed by atoms with Crippen LogP contribution < -0.4 is 4.72 Å². The summed E-state index contributed by atoms with van der Waals surface area (Å²) in [6.07, 6.45) is 5.03. The van der Waals surface area contributed by atoms with Gasteiger partial charge in [-0.25, -0.2) is 18.1 Å². The highest BCUT2D eigenvalue weighted by Gasteiger charge is 2.25. The molecule has 25 heavy (non-hydrogen) atoms. The fourth-order valence-corrected chi connectivity index (χ4v) is 4.18. The molecule has 1 saturated carbocycles. The van der Waals surface area contributed by atoms with Gasteiger partial charge in [0, 0.05) is 23.8 Å². The van der Waals surface area contributed by atoms with Crippen molar-refractivity contribution in [2.45, 2.75) is 37.0 Å². The summed E-state index contributed by atoms with van der Waals surface area (Å²) in [6.45, 7) is 2.38. The van der Waals surface area contributed by atoms with E-state index in [1.165, 1.54) is 18.5 Å². The molecule has 2 N–H and O–H groups in total. The number of hydrogen-bond acceptors (Lipinski definition) is 3. The van der Waals surface area contributed by atoms with Gasteiger partial charge in [-0.05, 0) is 60.6 Å². The summed E-state index contributed by atoms with van der Waals surface area (Å²) in [5, 5.41) is 1.09.